The van der Waals surface area contributed by atoms with Gasteiger partial charge in [0.05, 0.1) is 12.8 Å². The molecule has 29 heavy (non-hydrogen) atoms. The van der Waals surface area contributed by atoms with E-state index >= 15 is 0 Å². The van der Waals surface area contributed by atoms with Crippen LogP contribution >= 0.6 is 0 Å². The number of ether oxygens (including phenoxy) is 1. The van der Waals surface area contributed by atoms with Gasteiger partial charge in [-0.3, -0.25) is 9.59 Å². The fraction of sp³-hybridized carbons (Fsp3) is 0.136. The molecule has 0 bridgehead atoms. The number of carbonyl (C=O) groups is 2. The van der Waals surface area contributed by atoms with Gasteiger partial charge in [-0.25, -0.2) is 5.43 Å². The van der Waals surface area contributed by atoms with E-state index in [1.54, 1.807) is 36.0 Å². The Hall–Kier alpha value is -3.87. The van der Waals surface area contributed by atoms with Crippen molar-refractivity contribution in [2.75, 3.05) is 6.61 Å². The standard InChI is InChI=1S/C22H19N3O4/c1-2-28-21(26)14-25-13-16(17-8-4-5-9-18(17)25)12-23-24-22(27)20-11-15-7-3-6-10-19(15)29-20/h3-13H,2,14H2,1H3,(H,24,27). The number of nitrogens with zero attached hydrogens (tertiary/aromatic N) is 2. The average molecular weight is 389 g/mol. The molecule has 1 amide bonds. The lowest BCUT2D eigenvalue weighted by atomic mass is 10.2. The molecule has 0 radical (unpaired) electrons. The number of para-hydroxylation sites is 2. The molecule has 0 unspecified atom stereocenters. The van der Waals surface area contributed by atoms with E-state index in [1.807, 2.05) is 42.5 Å². The van der Waals surface area contributed by atoms with Crippen LogP contribution in [-0.4, -0.2) is 29.3 Å². The Bertz CT molecular complexity index is 1190. The lowest BCUT2D eigenvalue weighted by Gasteiger charge is -2.04. The first-order chi connectivity index (χ1) is 14.2. The Morgan fingerprint density at radius 3 is 2.79 bits per heavy atom. The molecular weight excluding hydrogens is 370 g/mol. The van der Waals surface area contributed by atoms with Gasteiger partial charge in [-0.15, -0.1) is 0 Å². The van der Waals surface area contributed by atoms with Crippen molar-refractivity contribution in [3.8, 4) is 0 Å². The fourth-order valence-electron chi connectivity index (χ4n) is 3.16. The molecule has 2 heterocycles. The number of furan rings is 1. The van der Waals surface area contributed by atoms with Gasteiger partial charge < -0.3 is 13.7 Å². The van der Waals surface area contributed by atoms with E-state index in [1.165, 1.54) is 0 Å². The summed E-state index contributed by atoms with van der Waals surface area (Å²) in [5, 5.41) is 5.82. The molecule has 7 nitrogen and oxygen atoms in total. The van der Waals surface area contributed by atoms with Gasteiger partial charge in [-0.05, 0) is 25.1 Å². The Morgan fingerprint density at radius 1 is 1.17 bits per heavy atom. The van der Waals surface area contributed by atoms with Crippen molar-refractivity contribution >= 4 is 40.0 Å². The van der Waals surface area contributed by atoms with E-state index in [2.05, 4.69) is 10.5 Å². The SMILES string of the molecule is CCOC(=O)Cn1cc(C=NNC(=O)c2cc3ccccc3o2)c2ccccc21. The molecule has 2 aromatic carbocycles. The second kappa shape index (κ2) is 8.02. The highest BCUT2D eigenvalue weighted by molar-refractivity contribution is 6.01. The number of benzene rings is 2. The van der Waals surface area contributed by atoms with Gasteiger partial charge in [-0.1, -0.05) is 36.4 Å². The molecule has 4 aromatic rings. The van der Waals surface area contributed by atoms with Gasteiger partial charge in [-0.2, -0.15) is 5.10 Å². The number of carbonyl (C=O) groups excluding carboxylic acids is 2. The van der Waals surface area contributed by atoms with Crippen LogP contribution in [0, 0.1) is 0 Å². The molecule has 1 N–H and O–H groups in total. The topological polar surface area (TPSA) is 85.8 Å². The van der Waals surface area contributed by atoms with E-state index in [4.69, 9.17) is 9.15 Å². The van der Waals surface area contributed by atoms with E-state index in [0.717, 1.165) is 21.9 Å². The van der Waals surface area contributed by atoms with Crippen LogP contribution in [0.5, 0.6) is 0 Å². The minimum absolute atomic E-state index is 0.105. The molecule has 0 fully saturated rings. The second-order valence-corrected chi connectivity index (χ2v) is 6.38. The smallest absolute Gasteiger partial charge is 0.325 e. The zero-order valence-corrected chi connectivity index (χ0v) is 15.8. The number of amides is 1. The fourth-order valence-corrected chi connectivity index (χ4v) is 3.16. The molecule has 0 aliphatic heterocycles. The number of fused-ring (bicyclic) bond motifs is 2. The Balaban J connectivity index is 1.53. The lowest BCUT2D eigenvalue weighted by Crippen LogP contribution is -2.16. The van der Waals surface area contributed by atoms with Gasteiger partial charge in [0.2, 0.25) is 0 Å². The van der Waals surface area contributed by atoms with E-state index in [-0.39, 0.29) is 18.3 Å². The van der Waals surface area contributed by atoms with Gasteiger partial charge >= 0.3 is 11.9 Å². The number of esters is 1. The molecule has 0 saturated carbocycles. The van der Waals surface area contributed by atoms with Crippen molar-refractivity contribution in [3.05, 3.63) is 72.1 Å². The molecule has 2 aromatic heterocycles. The van der Waals surface area contributed by atoms with Crippen LogP contribution in [0.1, 0.15) is 23.0 Å². The monoisotopic (exact) mass is 389 g/mol. The van der Waals surface area contributed by atoms with Gasteiger partial charge in [0.25, 0.3) is 0 Å². The zero-order chi connectivity index (χ0) is 20.2. The number of nitrogens with one attached hydrogen (secondary N) is 1. The number of hydrogen-bond acceptors (Lipinski definition) is 5. The third-order valence-electron chi connectivity index (χ3n) is 4.44. The molecule has 0 saturated heterocycles. The van der Waals surface area contributed by atoms with Crippen LogP contribution in [0.25, 0.3) is 21.9 Å². The van der Waals surface area contributed by atoms with Crippen LogP contribution in [0.4, 0.5) is 0 Å². The van der Waals surface area contributed by atoms with Crippen molar-refractivity contribution < 1.29 is 18.7 Å². The minimum atomic E-state index is -0.437. The summed E-state index contributed by atoms with van der Waals surface area (Å²) in [7, 11) is 0. The van der Waals surface area contributed by atoms with Crippen LogP contribution in [0.2, 0.25) is 0 Å². The molecule has 0 atom stereocenters. The highest BCUT2D eigenvalue weighted by atomic mass is 16.5. The lowest BCUT2D eigenvalue weighted by molar-refractivity contribution is -0.143. The van der Waals surface area contributed by atoms with E-state index in [0.29, 0.717) is 12.2 Å². The molecule has 4 rings (SSSR count). The Labute approximate surface area is 166 Å². The van der Waals surface area contributed by atoms with Crippen LogP contribution in [-0.2, 0) is 16.1 Å². The molecule has 7 heteroatoms. The zero-order valence-electron chi connectivity index (χ0n) is 15.8. The van der Waals surface area contributed by atoms with Crippen molar-refractivity contribution in [2.45, 2.75) is 13.5 Å². The first-order valence-electron chi connectivity index (χ1n) is 9.21. The van der Waals surface area contributed by atoms with Crippen molar-refractivity contribution in [1.82, 2.24) is 9.99 Å². The predicted molar refractivity (Wildman–Crippen MR) is 110 cm³/mol. The molecule has 146 valence electrons. The third kappa shape index (κ3) is 3.89. The van der Waals surface area contributed by atoms with Gasteiger partial charge in [0.1, 0.15) is 12.1 Å². The number of aromatic nitrogens is 1. The number of hydrazone groups is 1. The van der Waals surface area contributed by atoms with Gasteiger partial charge in [0.15, 0.2) is 5.76 Å². The summed E-state index contributed by atoms with van der Waals surface area (Å²) in [4.78, 5) is 24.2. The van der Waals surface area contributed by atoms with Crippen molar-refractivity contribution in [2.24, 2.45) is 5.10 Å². The summed E-state index contributed by atoms with van der Waals surface area (Å²) in [6.45, 7) is 2.21. The highest BCUT2D eigenvalue weighted by Crippen LogP contribution is 2.21. The van der Waals surface area contributed by atoms with Crippen molar-refractivity contribution in [3.63, 3.8) is 0 Å². The first kappa shape index (κ1) is 18.5. The first-order valence-corrected chi connectivity index (χ1v) is 9.21. The van der Waals surface area contributed by atoms with Gasteiger partial charge in [0, 0.05) is 28.0 Å². The summed E-state index contributed by atoms with van der Waals surface area (Å²) in [6.07, 6.45) is 3.35. The molecule has 0 aliphatic rings. The summed E-state index contributed by atoms with van der Waals surface area (Å²) < 4.78 is 12.4. The minimum Gasteiger partial charge on any atom is -0.465 e. The summed E-state index contributed by atoms with van der Waals surface area (Å²) >= 11 is 0. The van der Waals surface area contributed by atoms with Crippen LogP contribution in [0.3, 0.4) is 0 Å². The molecular formula is C22H19N3O4. The maximum Gasteiger partial charge on any atom is 0.325 e. The Kier molecular flexibility index (Phi) is 5.11. The quantitative estimate of drug-likeness (QED) is 0.309. The molecule has 0 aliphatic carbocycles. The normalized spacial score (nSPS) is 11.3. The van der Waals surface area contributed by atoms with Crippen molar-refractivity contribution in [1.29, 1.82) is 0 Å². The van der Waals surface area contributed by atoms with Crippen LogP contribution in [0.15, 0.2) is 70.3 Å². The maximum absolute atomic E-state index is 12.3. The third-order valence-corrected chi connectivity index (χ3v) is 4.44. The average Bonchev–Trinajstić information content (AvgIpc) is 3.30. The van der Waals surface area contributed by atoms with Crippen LogP contribution < -0.4 is 5.43 Å². The maximum atomic E-state index is 12.3. The summed E-state index contributed by atoms with van der Waals surface area (Å²) in [6, 6.07) is 16.7. The predicted octanol–water partition coefficient (Wildman–Crippen LogP) is 3.71. The highest BCUT2D eigenvalue weighted by Gasteiger charge is 2.12. The molecule has 0 spiro atoms. The summed E-state index contributed by atoms with van der Waals surface area (Å²) in [5.41, 5.74) is 4.77. The van der Waals surface area contributed by atoms with E-state index < -0.39 is 5.91 Å². The number of hydrogen-bond donors (Lipinski definition) is 1. The van der Waals surface area contributed by atoms with E-state index in [9.17, 15) is 9.59 Å². The second-order valence-electron chi connectivity index (χ2n) is 6.38. The largest absolute Gasteiger partial charge is 0.465 e. The number of rotatable bonds is 6. The Morgan fingerprint density at radius 2 is 1.97 bits per heavy atom. The summed E-state index contributed by atoms with van der Waals surface area (Å²) in [5.74, 6) is -0.560.